The van der Waals surface area contributed by atoms with Gasteiger partial charge >= 0.3 is 0 Å². The normalized spacial score (nSPS) is 19.2. The van der Waals surface area contributed by atoms with Crippen LogP contribution in [0.15, 0.2) is 29.4 Å². The first-order valence-corrected chi connectivity index (χ1v) is 8.73. The standard InChI is InChI=1S/C18H25N5O2/c1-22-8-10-23(11-9-22)13-15-5-3-2-4-14(15)12-19-18(25)16-6-7-17(24)21-20-16/h2-5H,6-13H2,1H3,(H,19,25)(H,21,24). The number of amides is 2. The van der Waals surface area contributed by atoms with Crippen molar-refractivity contribution in [3.05, 3.63) is 35.4 Å². The van der Waals surface area contributed by atoms with Gasteiger partial charge in [0.05, 0.1) is 0 Å². The minimum absolute atomic E-state index is 0.144. The fourth-order valence-corrected chi connectivity index (χ4v) is 3.05. The van der Waals surface area contributed by atoms with E-state index in [1.807, 2.05) is 12.1 Å². The van der Waals surface area contributed by atoms with Gasteiger partial charge in [0, 0.05) is 52.1 Å². The van der Waals surface area contributed by atoms with Crippen LogP contribution in [0.1, 0.15) is 24.0 Å². The third kappa shape index (κ3) is 4.87. The maximum absolute atomic E-state index is 12.2. The zero-order valence-corrected chi connectivity index (χ0v) is 14.6. The van der Waals surface area contributed by atoms with Crippen molar-refractivity contribution in [2.24, 2.45) is 5.10 Å². The maximum Gasteiger partial charge on any atom is 0.267 e. The molecular formula is C18H25N5O2. The molecule has 0 aliphatic carbocycles. The van der Waals surface area contributed by atoms with Crippen LogP contribution in [0.2, 0.25) is 0 Å². The lowest BCUT2D eigenvalue weighted by molar-refractivity contribution is -0.121. The SMILES string of the molecule is CN1CCN(Cc2ccccc2CNC(=O)C2=NNC(=O)CC2)CC1. The fourth-order valence-electron chi connectivity index (χ4n) is 3.05. The Kier molecular flexibility index (Phi) is 5.78. The Morgan fingerprint density at radius 3 is 2.56 bits per heavy atom. The first-order chi connectivity index (χ1) is 12.1. The third-order valence-corrected chi connectivity index (χ3v) is 4.71. The van der Waals surface area contributed by atoms with E-state index < -0.39 is 0 Å². The molecule has 0 spiro atoms. The van der Waals surface area contributed by atoms with Crippen LogP contribution in [-0.4, -0.2) is 60.6 Å². The minimum Gasteiger partial charge on any atom is -0.347 e. The molecule has 2 aliphatic heterocycles. The summed E-state index contributed by atoms with van der Waals surface area (Å²) in [5.74, 6) is -0.358. The highest BCUT2D eigenvalue weighted by molar-refractivity contribution is 6.39. The number of rotatable bonds is 5. The summed E-state index contributed by atoms with van der Waals surface area (Å²) < 4.78 is 0. The Bertz CT molecular complexity index is 665. The zero-order valence-electron chi connectivity index (χ0n) is 14.6. The Hall–Kier alpha value is -2.25. The van der Waals surface area contributed by atoms with Gasteiger partial charge in [0.25, 0.3) is 5.91 Å². The molecule has 2 heterocycles. The molecule has 3 rings (SSSR count). The Morgan fingerprint density at radius 1 is 1.16 bits per heavy atom. The van der Waals surface area contributed by atoms with Crippen LogP contribution >= 0.6 is 0 Å². The molecular weight excluding hydrogens is 318 g/mol. The quantitative estimate of drug-likeness (QED) is 0.807. The molecule has 0 atom stereocenters. The number of hydrogen-bond donors (Lipinski definition) is 2. The first-order valence-electron chi connectivity index (χ1n) is 8.73. The minimum atomic E-state index is -0.214. The van der Waals surface area contributed by atoms with Gasteiger partial charge in [-0.1, -0.05) is 24.3 Å². The molecule has 7 nitrogen and oxygen atoms in total. The topological polar surface area (TPSA) is 77.0 Å². The highest BCUT2D eigenvalue weighted by Crippen LogP contribution is 2.13. The Morgan fingerprint density at radius 2 is 1.88 bits per heavy atom. The van der Waals surface area contributed by atoms with Crippen LogP contribution in [0.5, 0.6) is 0 Å². The van der Waals surface area contributed by atoms with E-state index in [1.54, 1.807) is 0 Å². The fraction of sp³-hybridized carbons (Fsp3) is 0.500. The van der Waals surface area contributed by atoms with Gasteiger partial charge in [0.1, 0.15) is 5.71 Å². The summed E-state index contributed by atoms with van der Waals surface area (Å²) in [5, 5.41) is 6.76. The first kappa shape index (κ1) is 17.6. The van der Waals surface area contributed by atoms with Gasteiger partial charge in [0.2, 0.25) is 5.91 Å². The van der Waals surface area contributed by atoms with Crippen molar-refractivity contribution in [1.29, 1.82) is 0 Å². The van der Waals surface area contributed by atoms with Gasteiger partial charge in [-0.15, -0.1) is 0 Å². The summed E-state index contributed by atoms with van der Waals surface area (Å²) in [5.41, 5.74) is 5.11. The van der Waals surface area contributed by atoms with Gasteiger partial charge in [-0.05, 0) is 18.2 Å². The molecule has 7 heteroatoms. The summed E-state index contributed by atoms with van der Waals surface area (Å²) in [6.07, 6.45) is 0.701. The van der Waals surface area contributed by atoms with Crippen molar-refractivity contribution in [2.75, 3.05) is 33.2 Å². The van der Waals surface area contributed by atoms with E-state index in [-0.39, 0.29) is 11.8 Å². The summed E-state index contributed by atoms with van der Waals surface area (Å²) in [6.45, 7) is 5.67. The van der Waals surface area contributed by atoms with Crippen LogP contribution in [0.4, 0.5) is 0 Å². The number of nitrogens with one attached hydrogen (secondary N) is 2. The largest absolute Gasteiger partial charge is 0.347 e. The predicted molar refractivity (Wildman–Crippen MR) is 95.9 cm³/mol. The molecule has 0 unspecified atom stereocenters. The zero-order chi connectivity index (χ0) is 17.6. The van der Waals surface area contributed by atoms with Crippen LogP contribution in [0.3, 0.4) is 0 Å². The lowest BCUT2D eigenvalue weighted by atomic mass is 10.1. The molecule has 25 heavy (non-hydrogen) atoms. The van der Waals surface area contributed by atoms with Crippen LogP contribution < -0.4 is 10.7 Å². The second kappa shape index (κ2) is 8.22. The van der Waals surface area contributed by atoms with Crippen molar-refractivity contribution < 1.29 is 9.59 Å². The molecule has 0 saturated carbocycles. The highest BCUT2D eigenvalue weighted by atomic mass is 16.2. The third-order valence-electron chi connectivity index (χ3n) is 4.71. The van der Waals surface area contributed by atoms with E-state index in [0.29, 0.717) is 25.1 Å². The van der Waals surface area contributed by atoms with Crippen molar-refractivity contribution in [1.82, 2.24) is 20.5 Å². The van der Waals surface area contributed by atoms with Crippen molar-refractivity contribution in [3.8, 4) is 0 Å². The summed E-state index contributed by atoms with van der Waals surface area (Å²) in [6, 6.07) is 8.21. The maximum atomic E-state index is 12.2. The van der Waals surface area contributed by atoms with Crippen molar-refractivity contribution in [2.45, 2.75) is 25.9 Å². The van der Waals surface area contributed by atoms with Gasteiger partial charge < -0.3 is 10.2 Å². The average Bonchev–Trinajstić information content (AvgIpc) is 2.63. The molecule has 2 aliphatic rings. The van der Waals surface area contributed by atoms with E-state index in [1.165, 1.54) is 5.56 Å². The second-order valence-electron chi connectivity index (χ2n) is 6.62. The van der Waals surface area contributed by atoms with Crippen molar-refractivity contribution in [3.63, 3.8) is 0 Å². The number of carbonyl (C=O) groups excluding carboxylic acids is 2. The molecule has 1 saturated heterocycles. The molecule has 134 valence electrons. The van der Waals surface area contributed by atoms with Gasteiger partial charge in [-0.25, -0.2) is 5.43 Å². The van der Waals surface area contributed by atoms with Gasteiger partial charge in [-0.2, -0.15) is 5.10 Å². The molecule has 1 aromatic carbocycles. The molecule has 0 aromatic heterocycles. The van der Waals surface area contributed by atoms with E-state index in [9.17, 15) is 9.59 Å². The van der Waals surface area contributed by atoms with Gasteiger partial charge in [0.15, 0.2) is 0 Å². The number of likely N-dealkylation sites (N-methyl/N-ethyl adjacent to an activating group) is 1. The average molecular weight is 343 g/mol. The summed E-state index contributed by atoms with van der Waals surface area (Å²) in [4.78, 5) is 28.1. The molecule has 0 bridgehead atoms. The number of hydrogen-bond acceptors (Lipinski definition) is 5. The van der Waals surface area contributed by atoms with Crippen LogP contribution in [-0.2, 0) is 22.7 Å². The predicted octanol–water partition coefficient (Wildman–Crippen LogP) is 0.316. The molecule has 1 fully saturated rings. The smallest absolute Gasteiger partial charge is 0.267 e. The van der Waals surface area contributed by atoms with E-state index in [2.05, 4.69) is 44.8 Å². The second-order valence-corrected chi connectivity index (χ2v) is 6.62. The molecule has 1 aromatic rings. The van der Waals surface area contributed by atoms with Crippen LogP contribution in [0.25, 0.3) is 0 Å². The molecule has 0 radical (unpaired) electrons. The van der Waals surface area contributed by atoms with E-state index in [0.717, 1.165) is 38.3 Å². The van der Waals surface area contributed by atoms with Crippen LogP contribution in [0, 0.1) is 0 Å². The van der Waals surface area contributed by atoms with Crippen molar-refractivity contribution >= 4 is 17.5 Å². The number of nitrogens with zero attached hydrogens (tertiary/aromatic N) is 3. The molecule has 2 amide bonds. The highest BCUT2D eigenvalue weighted by Gasteiger charge is 2.19. The van der Waals surface area contributed by atoms with E-state index in [4.69, 9.17) is 0 Å². The summed E-state index contributed by atoms with van der Waals surface area (Å²) >= 11 is 0. The lowest BCUT2D eigenvalue weighted by Gasteiger charge is -2.32. The van der Waals surface area contributed by atoms with E-state index >= 15 is 0 Å². The Balaban J connectivity index is 1.57. The number of benzene rings is 1. The number of piperazine rings is 1. The Labute approximate surface area is 148 Å². The monoisotopic (exact) mass is 343 g/mol. The summed E-state index contributed by atoms with van der Waals surface area (Å²) in [7, 11) is 2.15. The van der Waals surface area contributed by atoms with Gasteiger partial charge in [-0.3, -0.25) is 14.5 Å². The molecule has 2 N–H and O–H groups in total. The lowest BCUT2D eigenvalue weighted by Crippen LogP contribution is -2.44. The number of hydrazone groups is 1. The number of carbonyl (C=O) groups is 2.